The maximum Gasteiger partial charge on any atom is 0.178 e. The summed E-state index contributed by atoms with van der Waals surface area (Å²) in [7, 11) is 0. The summed E-state index contributed by atoms with van der Waals surface area (Å²) in [4.78, 5) is 13.2. The third-order valence-corrected chi connectivity index (χ3v) is 4.72. The molecule has 0 aliphatic heterocycles. The molecule has 136 valence electrons. The fourth-order valence-corrected chi connectivity index (χ4v) is 3.34. The fourth-order valence-electron chi connectivity index (χ4n) is 3.34. The van der Waals surface area contributed by atoms with E-state index in [0.717, 1.165) is 38.8 Å². The first-order valence-corrected chi connectivity index (χ1v) is 8.85. The molecule has 0 saturated heterocycles. The molecule has 3 aromatic heterocycles. The summed E-state index contributed by atoms with van der Waals surface area (Å²) in [6.45, 7) is 0. The quantitative estimate of drug-likeness (QED) is 0.254. The van der Waals surface area contributed by atoms with Crippen molar-refractivity contribution in [3.63, 3.8) is 0 Å². The van der Waals surface area contributed by atoms with Crippen LogP contribution in [0.5, 0.6) is 0 Å². The normalized spacial score (nSPS) is 12.1. The molecule has 3 N–H and O–H groups in total. The van der Waals surface area contributed by atoms with E-state index in [1.807, 2.05) is 54.6 Å². The highest BCUT2D eigenvalue weighted by molar-refractivity contribution is 6.04. The SMILES string of the molecule is O/N=C(/Cc1ccccc1)c1nc2cc3[nH][nH]c(-c4ccncc4)c3cc2n1. The lowest BCUT2D eigenvalue weighted by Crippen LogP contribution is -2.07. The van der Waals surface area contributed by atoms with Gasteiger partial charge in [-0.1, -0.05) is 35.5 Å². The van der Waals surface area contributed by atoms with E-state index in [4.69, 9.17) is 0 Å². The first-order chi connectivity index (χ1) is 13.8. The van der Waals surface area contributed by atoms with E-state index in [0.29, 0.717) is 18.0 Å². The molecule has 0 unspecified atom stereocenters. The molecule has 28 heavy (non-hydrogen) atoms. The number of aromatic nitrogens is 5. The summed E-state index contributed by atoms with van der Waals surface area (Å²) in [5.41, 5.74) is 5.88. The van der Waals surface area contributed by atoms with E-state index >= 15 is 0 Å². The molecule has 0 atom stereocenters. The zero-order valence-electron chi connectivity index (χ0n) is 14.8. The zero-order chi connectivity index (χ0) is 18.9. The number of H-pyrrole nitrogens is 2. The van der Waals surface area contributed by atoms with Crippen LogP contribution in [0.1, 0.15) is 11.4 Å². The van der Waals surface area contributed by atoms with Gasteiger partial charge in [0.1, 0.15) is 5.71 Å². The smallest absolute Gasteiger partial charge is 0.178 e. The maximum absolute atomic E-state index is 9.50. The Labute approximate surface area is 159 Å². The molecule has 0 saturated carbocycles. The number of pyridine rings is 1. The first kappa shape index (κ1) is 16.2. The number of fused-ring (bicyclic) bond motifs is 2. The minimum atomic E-state index is 0.434. The average molecular weight is 368 g/mol. The van der Waals surface area contributed by atoms with Crippen molar-refractivity contribution in [1.29, 1.82) is 0 Å². The van der Waals surface area contributed by atoms with Gasteiger partial charge >= 0.3 is 0 Å². The van der Waals surface area contributed by atoms with E-state index in [1.165, 1.54) is 0 Å². The number of imidazole rings is 1. The Bertz CT molecular complexity index is 1290. The maximum atomic E-state index is 9.50. The molecule has 3 heterocycles. The summed E-state index contributed by atoms with van der Waals surface area (Å²) in [6, 6.07) is 17.6. The fraction of sp³-hybridized carbons (Fsp3) is 0.0476. The minimum Gasteiger partial charge on any atom is -0.411 e. The van der Waals surface area contributed by atoms with Gasteiger partial charge in [0.25, 0.3) is 0 Å². The first-order valence-electron chi connectivity index (χ1n) is 8.85. The molecule has 5 rings (SSSR count). The van der Waals surface area contributed by atoms with Gasteiger partial charge in [-0.3, -0.25) is 10.1 Å². The highest BCUT2D eigenvalue weighted by atomic mass is 16.4. The number of nitrogens with one attached hydrogen (secondary N) is 2. The second-order valence-electron chi connectivity index (χ2n) is 6.50. The molecule has 5 aromatic rings. The van der Waals surface area contributed by atoms with Gasteiger partial charge in [0, 0.05) is 29.8 Å². The van der Waals surface area contributed by atoms with Crippen LogP contribution in [0.2, 0.25) is 0 Å². The van der Waals surface area contributed by atoms with Gasteiger partial charge in [-0.15, -0.1) is 0 Å². The molecule has 0 fully saturated rings. The van der Waals surface area contributed by atoms with Crippen molar-refractivity contribution in [2.24, 2.45) is 5.16 Å². The van der Waals surface area contributed by atoms with Crippen molar-refractivity contribution >= 4 is 27.6 Å². The van der Waals surface area contributed by atoms with E-state index in [2.05, 4.69) is 30.3 Å². The van der Waals surface area contributed by atoms with Crippen LogP contribution in [-0.2, 0) is 6.42 Å². The molecule has 0 radical (unpaired) electrons. The van der Waals surface area contributed by atoms with Gasteiger partial charge in [-0.05, 0) is 29.8 Å². The topological polar surface area (TPSA) is 103 Å². The summed E-state index contributed by atoms with van der Waals surface area (Å²) in [6.07, 6.45) is 3.98. The molecule has 2 aromatic carbocycles. The summed E-state index contributed by atoms with van der Waals surface area (Å²) >= 11 is 0. The molecule has 0 aliphatic carbocycles. The van der Waals surface area contributed by atoms with Gasteiger partial charge in [-0.2, -0.15) is 0 Å². The van der Waals surface area contributed by atoms with Crippen LogP contribution in [0, 0.1) is 0 Å². The standard InChI is InChI=1S/C21H16N6O/c28-27-19(10-13-4-2-1-3-5-13)21-23-17-11-15-16(12-18(17)24-21)25-26-20(15)14-6-8-22-9-7-14/h1-9,11-12,25-26,28H,10H2/b27-19-. The van der Waals surface area contributed by atoms with Crippen LogP contribution in [-0.4, -0.2) is 36.1 Å². The predicted molar refractivity (Wildman–Crippen MR) is 107 cm³/mol. The Morgan fingerprint density at radius 1 is 0.929 bits per heavy atom. The van der Waals surface area contributed by atoms with Crippen molar-refractivity contribution in [2.45, 2.75) is 6.42 Å². The number of hydrogen-bond donors (Lipinski definition) is 3. The summed E-state index contributed by atoms with van der Waals surface area (Å²) in [5.74, 6) is 0.434. The van der Waals surface area contributed by atoms with E-state index in [1.54, 1.807) is 12.4 Å². The van der Waals surface area contributed by atoms with Crippen LogP contribution in [0.25, 0.3) is 33.2 Å². The van der Waals surface area contributed by atoms with Gasteiger partial charge in [0.05, 0.1) is 22.2 Å². The number of rotatable bonds is 4. The third-order valence-electron chi connectivity index (χ3n) is 4.72. The molecule has 7 heteroatoms. The lowest BCUT2D eigenvalue weighted by molar-refractivity contribution is 0.318. The van der Waals surface area contributed by atoms with E-state index < -0.39 is 0 Å². The van der Waals surface area contributed by atoms with Crippen LogP contribution in [0.3, 0.4) is 0 Å². The largest absolute Gasteiger partial charge is 0.411 e. The zero-order valence-corrected chi connectivity index (χ0v) is 14.8. The van der Waals surface area contributed by atoms with Crippen LogP contribution >= 0.6 is 0 Å². The Kier molecular flexibility index (Phi) is 3.83. The van der Waals surface area contributed by atoms with Crippen molar-refractivity contribution in [2.75, 3.05) is 0 Å². The Hall–Kier alpha value is -4.00. The highest BCUT2D eigenvalue weighted by Gasteiger charge is 2.15. The highest BCUT2D eigenvalue weighted by Crippen LogP contribution is 2.29. The lowest BCUT2D eigenvalue weighted by atomic mass is 10.1. The van der Waals surface area contributed by atoms with Crippen LogP contribution in [0.4, 0.5) is 0 Å². The number of nitrogens with zero attached hydrogens (tertiary/aromatic N) is 4. The van der Waals surface area contributed by atoms with Crippen LogP contribution < -0.4 is 0 Å². The summed E-state index contributed by atoms with van der Waals surface area (Å²) < 4.78 is 0. The van der Waals surface area contributed by atoms with E-state index in [9.17, 15) is 5.21 Å². The molecule has 0 aliphatic rings. The molecule has 0 spiro atoms. The number of oxime groups is 1. The van der Waals surface area contributed by atoms with Gasteiger partial charge in [0.15, 0.2) is 5.82 Å². The van der Waals surface area contributed by atoms with Crippen molar-refractivity contribution in [1.82, 2.24) is 25.1 Å². The Balaban J connectivity index is 1.57. The molecule has 0 bridgehead atoms. The number of hydrogen-bond acceptors (Lipinski definition) is 5. The number of benzene rings is 2. The Morgan fingerprint density at radius 3 is 2.43 bits per heavy atom. The lowest BCUT2D eigenvalue weighted by Gasteiger charge is -2.00. The number of aromatic amines is 2. The van der Waals surface area contributed by atoms with Crippen molar-refractivity contribution in [3.8, 4) is 11.3 Å². The molecule has 7 nitrogen and oxygen atoms in total. The van der Waals surface area contributed by atoms with Gasteiger partial charge in [-0.25, -0.2) is 9.97 Å². The monoisotopic (exact) mass is 368 g/mol. The van der Waals surface area contributed by atoms with Crippen molar-refractivity contribution in [3.05, 3.63) is 78.4 Å². The third kappa shape index (κ3) is 2.79. The van der Waals surface area contributed by atoms with Crippen molar-refractivity contribution < 1.29 is 5.21 Å². The molecule has 0 amide bonds. The van der Waals surface area contributed by atoms with Crippen LogP contribution in [0.15, 0.2) is 72.1 Å². The minimum absolute atomic E-state index is 0.434. The Morgan fingerprint density at radius 2 is 1.68 bits per heavy atom. The van der Waals surface area contributed by atoms with Gasteiger partial charge in [0.2, 0.25) is 0 Å². The molecular formula is C21H16N6O. The predicted octanol–water partition coefficient (Wildman–Crippen LogP) is 3.92. The van der Waals surface area contributed by atoms with Gasteiger partial charge < -0.3 is 10.3 Å². The average Bonchev–Trinajstić information content (AvgIpc) is 3.35. The van der Waals surface area contributed by atoms with E-state index in [-0.39, 0.29) is 0 Å². The summed E-state index contributed by atoms with van der Waals surface area (Å²) in [5, 5.41) is 20.3. The molecular weight excluding hydrogens is 352 g/mol. The second kappa shape index (κ2) is 6.62. The second-order valence-corrected chi connectivity index (χ2v) is 6.50.